The van der Waals surface area contributed by atoms with E-state index < -0.39 is 0 Å². The molecule has 0 aromatic heterocycles. The second-order valence-corrected chi connectivity index (χ2v) is 3.21. The van der Waals surface area contributed by atoms with Gasteiger partial charge in [0.25, 0.3) is 0 Å². The minimum absolute atomic E-state index is 0.0109. The lowest BCUT2D eigenvalue weighted by Gasteiger charge is -2.03. The van der Waals surface area contributed by atoms with Crippen molar-refractivity contribution >= 4 is 35.0 Å². The lowest BCUT2D eigenvalue weighted by atomic mass is 10.3. The van der Waals surface area contributed by atoms with Crippen molar-refractivity contribution < 1.29 is 9.59 Å². The van der Waals surface area contributed by atoms with Crippen LogP contribution in [0.1, 0.15) is 12.8 Å². The van der Waals surface area contributed by atoms with E-state index in [0.717, 1.165) is 12.8 Å². The van der Waals surface area contributed by atoms with Crippen molar-refractivity contribution in [1.82, 2.24) is 10.6 Å². The fourth-order valence-electron chi connectivity index (χ4n) is 0.800. The van der Waals surface area contributed by atoms with Crippen molar-refractivity contribution in [2.24, 2.45) is 0 Å². The molecule has 0 atom stereocenters. The molecule has 82 valence electrons. The van der Waals surface area contributed by atoms with Crippen molar-refractivity contribution in [3.8, 4) is 0 Å². The molecule has 0 unspecified atom stereocenters. The average molecular weight is 241 g/mol. The Hall–Kier alpha value is -0.480. The molecule has 0 heterocycles. The van der Waals surface area contributed by atoms with Crippen LogP contribution in [0, 0.1) is 0 Å². The smallest absolute Gasteiger partial charge is 0.234 e. The maximum atomic E-state index is 10.7. The third-order valence-corrected chi connectivity index (χ3v) is 1.98. The number of hydrogen-bond donors (Lipinski definition) is 2. The van der Waals surface area contributed by atoms with Crippen LogP contribution in [0.15, 0.2) is 0 Å². The summed E-state index contributed by atoms with van der Waals surface area (Å²) in [4.78, 5) is 21.3. The number of carbonyl (C=O) groups is 2. The third kappa shape index (κ3) is 8.13. The largest absolute Gasteiger partial charge is 0.355 e. The molecule has 0 bridgehead atoms. The van der Waals surface area contributed by atoms with Gasteiger partial charge in [0.2, 0.25) is 11.8 Å². The summed E-state index contributed by atoms with van der Waals surface area (Å²) in [6, 6.07) is 0. The lowest BCUT2D eigenvalue weighted by molar-refractivity contribution is -0.119. The Kier molecular flexibility index (Phi) is 8.78. The van der Waals surface area contributed by atoms with Crippen LogP contribution in [-0.4, -0.2) is 36.7 Å². The fourth-order valence-corrected chi connectivity index (χ4v) is 0.989. The molecular weight excluding hydrogens is 227 g/mol. The van der Waals surface area contributed by atoms with Crippen LogP contribution in [0.3, 0.4) is 0 Å². The van der Waals surface area contributed by atoms with E-state index in [1.54, 1.807) is 0 Å². The second kappa shape index (κ2) is 9.09. The standard InChI is InChI=1S/C8H14Cl2N2O2/c9-5-7(13)11-3-1-2-4-12-8(14)6-10/h1-6H2,(H,11,13)(H,12,14). The summed E-state index contributed by atoms with van der Waals surface area (Å²) in [5, 5.41) is 5.25. The van der Waals surface area contributed by atoms with E-state index in [1.165, 1.54) is 0 Å². The normalized spacial score (nSPS) is 9.57. The molecule has 2 N–H and O–H groups in total. The molecule has 4 nitrogen and oxygen atoms in total. The van der Waals surface area contributed by atoms with E-state index in [-0.39, 0.29) is 23.6 Å². The zero-order valence-electron chi connectivity index (χ0n) is 7.82. The van der Waals surface area contributed by atoms with Crippen molar-refractivity contribution in [2.45, 2.75) is 12.8 Å². The van der Waals surface area contributed by atoms with E-state index in [9.17, 15) is 9.59 Å². The van der Waals surface area contributed by atoms with Crippen molar-refractivity contribution in [1.29, 1.82) is 0 Å². The minimum Gasteiger partial charge on any atom is -0.355 e. The van der Waals surface area contributed by atoms with Crippen molar-refractivity contribution in [2.75, 3.05) is 24.8 Å². The average Bonchev–Trinajstić information content (AvgIpc) is 2.22. The number of carbonyl (C=O) groups excluding carboxylic acids is 2. The predicted octanol–water partition coefficient (Wildman–Crippen LogP) is 0.477. The number of nitrogens with one attached hydrogen (secondary N) is 2. The van der Waals surface area contributed by atoms with Gasteiger partial charge in [-0.25, -0.2) is 0 Å². The lowest BCUT2D eigenvalue weighted by Crippen LogP contribution is -2.28. The molecular formula is C8H14Cl2N2O2. The first-order valence-corrected chi connectivity index (χ1v) is 5.43. The van der Waals surface area contributed by atoms with E-state index in [1.807, 2.05) is 0 Å². The number of hydrogen-bond acceptors (Lipinski definition) is 2. The topological polar surface area (TPSA) is 58.2 Å². The summed E-state index contributed by atoms with van der Waals surface area (Å²) in [6.07, 6.45) is 1.62. The Balaban J connectivity index is 3.14. The highest BCUT2D eigenvalue weighted by Crippen LogP contribution is 1.86. The molecule has 0 rings (SSSR count). The first-order valence-electron chi connectivity index (χ1n) is 4.36. The molecule has 0 saturated carbocycles. The maximum Gasteiger partial charge on any atom is 0.234 e. The van der Waals surface area contributed by atoms with Gasteiger partial charge in [-0.3, -0.25) is 9.59 Å². The van der Waals surface area contributed by atoms with Gasteiger partial charge in [0.1, 0.15) is 11.8 Å². The van der Waals surface area contributed by atoms with Crippen molar-refractivity contribution in [3.05, 3.63) is 0 Å². The highest BCUT2D eigenvalue weighted by Gasteiger charge is 1.98. The second-order valence-electron chi connectivity index (χ2n) is 2.67. The monoisotopic (exact) mass is 240 g/mol. The van der Waals surface area contributed by atoms with Gasteiger partial charge in [0.05, 0.1) is 0 Å². The Morgan fingerprint density at radius 1 is 0.857 bits per heavy atom. The van der Waals surface area contributed by atoms with E-state index in [2.05, 4.69) is 10.6 Å². The van der Waals surface area contributed by atoms with Gasteiger partial charge < -0.3 is 10.6 Å². The first-order chi connectivity index (χ1) is 6.70. The first kappa shape index (κ1) is 13.5. The summed E-state index contributed by atoms with van der Waals surface area (Å²) in [7, 11) is 0. The molecule has 0 aliphatic carbocycles. The Morgan fingerprint density at radius 2 is 1.21 bits per heavy atom. The molecule has 14 heavy (non-hydrogen) atoms. The van der Waals surface area contributed by atoms with Gasteiger partial charge in [0, 0.05) is 13.1 Å². The summed E-state index contributed by atoms with van der Waals surface area (Å²) in [5.74, 6) is -0.362. The SMILES string of the molecule is O=C(CCl)NCCCCNC(=O)CCl. The van der Waals surface area contributed by atoms with Crippen LogP contribution in [0.5, 0.6) is 0 Å². The quantitative estimate of drug-likeness (QED) is 0.503. The molecule has 6 heteroatoms. The fraction of sp³-hybridized carbons (Fsp3) is 0.750. The van der Waals surface area contributed by atoms with Crippen LogP contribution in [0.25, 0.3) is 0 Å². The molecule has 0 aromatic rings. The number of amides is 2. The molecule has 0 saturated heterocycles. The predicted molar refractivity (Wildman–Crippen MR) is 56.7 cm³/mol. The van der Waals surface area contributed by atoms with Gasteiger partial charge in [-0.05, 0) is 12.8 Å². The number of halogens is 2. The van der Waals surface area contributed by atoms with Crippen LogP contribution in [-0.2, 0) is 9.59 Å². The Bertz CT molecular complexity index is 168. The number of alkyl halides is 2. The maximum absolute atomic E-state index is 10.7. The van der Waals surface area contributed by atoms with Gasteiger partial charge in [0.15, 0.2) is 0 Å². The summed E-state index contributed by atoms with van der Waals surface area (Å²) in [6.45, 7) is 1.17. The summed E-state index contributed by atoms with van der Waals surface area (Å²) in [5.41, 5.74) is 0. The van der Waals surface area contributed by atoms with Crippen LogP contribution in [0.4, 0.5) is 0 Å². The van der Waals surface area contributed by atoms with E-state index in [4.69, 9.17) is 23.2 Å². The summed E-state index contributed by atoms with van der Waals surface area (Å²) < 4.78 is 0. The van der Waals surface area contributed by atoms with Gasteiger partial charge >= 0.3 is 0 Å². The summed E-state index contributed by atoms with van der Waals surface area (Å²) >= 11 is 10.5. The highest BCUT2D eigenvalue weighted by atomic mass is 35.5. The zero-order chi connectivity index (χ0) is 10.8. The van der Waals surface area contributed by atoms with Crippen LogP contribution < -0.4 is 10.6 Å². The molecule has 0 spiro atoms. The Morgan fingerprint density at radius 3 is 1.50 bits per heavy atom. The zero-order valence-corrected chi connectivity index (χ0v) is 9.33. The molecule has 0 radical (unpaired) electrons. The van der Waals surface area contributed by atoms with Crippen LogP contribution in [0.2, 0.25) is 0 Å². The minimum atomic E-state index is -0.170. The molecule has 0 aliphatic heterocycles. The molecule has 2 amide bonds. The molecule has 0 aromatic carbocycles. The number of rotatable bonds is 7. The number of unbranched alkanes of at least 4 members (excludes halogenated alkanes) is 1. The van der Waals surface area contributed by atoms with Gasteiger partial charge in [-0.2, -0.15) is 0 Å². The van der Waals surface area contributed by atoms with Crippen LogP contribution >= 0.6 is 23.2 Å². The van der Waals surface area contributed by atoms with Gasteiger partial charge in [-0.15, -0.1) is 23.2 Å². The molecule has 0 aliphatic rings. The third-order valence-electron chi connectivity index (χ3n) is 1.49. The molecule has 0 fully saturated rings. The highest BCUT2D eigenvalue weighted by molar-refractivity contribution is 6.27. The van der Waals surface area contributed by atoms with Gasteiger partial charge in [-0.1, -0.05) is 0 Å². The van der Waals surface area contributed by atoms with E-state index >= 15 is 0 Å². The van der Waals surface area contributed by atoms with Crippen molar-refractivity contribution in [3.63, 3.8) is 0 Å². The van der Waals surface area contributed by atoms with E-state index in [0.29, 0.717) is 13.1 Å². The Labute approximate surface area is 93.3 Å².